The van der Waals surface area contributed by atoms with E-state index in [0.29, 0.717) is 0 Å². The molecule has 0 bridgehead atoms. The van der Waals surface area contributed by atoms with Crippen molar-refractivity contribution in [2.24, 2.45) is 0 Å². The van der Waals surface area contributed by atoms with E-state index in [0.717, 1.165) is 5.75 Å². The van der Waals surface area contributed by atoms with E-state index in [-0.39, 0.29) is 0 Å². The van der Waals surface area contributed by atoms with Gasteiger partial charge in [-0.1, -0.05) is 60.7 Å². The fraction of sp³-hybridized carbons (Fsp3) is 0.200. The number of aryl methyl sites for hydroxylation is 2. The fourth-order valence-electron chi connectivity index (χ4n) is 3.45. The van der Waals surface area contributed by atoms with E-state index in [4.69, 9.17) is 4.74 Å². The van der Waals surface area contributed by atoms with Crippen LogP contribution in [-0.2, 0) is 0 Å². The molecule has 4 aromatic carbocycles. The first-order valence-corrected chi connectivity index (χ1v) is 9.21. The van der Waals surface area contributed by atoms with E-state index in [1.165, 1.54) is 38.4 Å². The van der Waals surface area contributed by atoms with Crippen molar-refractivity contribution in [3.05, 3.63) is 83.9 Å². The van der Waals surface area contributed by atoms with Crippen molar-refractivity contribution in [3.8, 4) is 5.75 Å². The lowest BCUT2D eigenvalue weighted by Gasteiger charge is -2.16. The summed E-state index contributed by atoms with van der Waals surface area (Å²) in [4.78, 5) is 2.15. The molecular formula is C25H27NO. The highest BCUT2D eigenvalue weighted by Gasteiger charge is 2.03. The van der Waals surface area contributed by atoms with Crippen LogP contribution in [0.1, 0.15) is 11.1 Å². The number of benzene rings is 4. The topological polar surface area (TPSA) is 12.5 Å². The largest absolute Gasteiger partial charge is 0.496 e. The zero-order chi connectivity index (χ0) is 19.4. The highest BCUT2D eigenvalue weighted by atomic mass is 16.5. The molecule has 0 aliphatic carbocycles. The van der Waals surface area contributed by atoms with Crippen LogP contribution in [0.15, 0.2) is 72.8 Å². The Balaban J connectivity index is 0.000000156. The number of rotatable bonds is 2. The second kappa shape index (κ2) is 8.13. The molecule has 138 valence electrons. The van der Waals surface area contributed by atoms with Gasteiger partial charge in [-0.15, -0.1) is 0 Å². The predicted octanol–water partition coefficient (Wildman–Crippen LogP) is 6.37. The third-order valence-electron chi connectivity index (χ3n) is 4.97. The predicted molar refractivity (Wildman–Crippen MR) is 118 cm³/mol. The number of methoxy groups -OCH3 is 1. The van der Waals surface area contributed by atoms with Gasteiger partial charge in [0.25, 0.3) is 0 Å². The first kappa shape index (κ1) is 18.8. The van der Waals surface area contributed by atoms with Gasteiger partial charge in [-0.2, -0.15) is 0 Å². The summed E-state index contributed by atoms with van der Waals surface area (Å²) in [5.74, 6) is 0.957. The van der Waals surface area contributed by atoms with Gasteiger partial charge in [0.15, 0.2) is 0 Å². The Bertz CT molecular complexity index is 1070. The van der Waals surface area contributed by atoms with Crippen LogP contribution < -0.4 is 9.64 Å². The average Bonchev–Trinajstić information content (AvgIpc) is 2.69. The monoisotopic (exact) mass is 357 g/mol. The van der Waals surface area contributed by atoms with Gasteiger partial charge in [-0.25, -0.2) is 0 Å². The summed E-state index contributed by atoms with van der Waals surface area (Å²) < 4.78 is 5.25. The summed E-state index contributed by atoms with van der Waals surface area (Å²) in [6.45, 7) is 4.24. The summed E-state index contributed by atoms with van der Waals surface area (Å²) in [7, 11) is 5.87. The molecule has 0 saturated carbocycles. The summed E-state index contributed by atoms with van der Waals surface area (Å²) >= 11 is 0. The van der Waals surface area contributed by atoms with Crippen LogP contribution in [0, 0.1) is 13.8 Å². The van der Waals surface area contributed by atoms with Gasteiger partial charge >= 0.3 is 0 Å². The Morgan fingerprint density at radius 2 is 1.30 bits per heavy atom. The molecule has 2 heteroatoms. The number of fused-ring (bicyclic) bond motifs is 2. The fourth-order valence-corrected chi connectivity index (χ4v) is 3.45. The molecule has 0 aliphatic rings. The summed E-state index contributed by atoms with van der Waals surface area (Å²) in [6.07, 6.45) is 0. The maximum absolute atomic E-state index is 5.25. The molecular weight excluding hydrogens is 330 g/mol. The number of ether oxygens (including phenoxy) is 1. The molecule has 0 spiro atoms. The highest BCUT2D eigenvalue weighted by molar-refractivity contribution is 5.96. The lowest BCUT2D eigenvalue weighted by atomic mass is 10.0. The van der Waals surface area contributed by atoms with E-state index in [2.05, 4.69) is 93.5 Å². The molecule has 0 aliphatic heterocycles. The third-order valence-corrected chi connectivity index (χ3v) is 4.97. The van der Waals surface area contributed by atoms with Crippen LogP contribution >= 0.6 is 0 Å². The average molecular weight is 357 g/mol. The minimum Gasteiger partial charge on any atom is -0.496 e. The lowest BCUT2D eigenvalue weighted by Crippen LogP contribution is -2.09. The molecule has 0 radical (unpaired) electrons. The minimum atomic E-state index is 0.957. The van der Waals surface area contributed by atoms with Crippen LogP contribution in [0.3, 0.4) is 0 Å². The Kier molecular flexibility index (Phi) is 5.66. The molecule has 4 aromatic rings. The maximum atomic E-state index is 5.25. The van der Waals surface area contributed by atoms with Gasteiger partial charge in [-0.3, -0.25) is 0 Å². The van der Waals surface area contributed by atoms with Crippen LogP contribution in [-0.4, -0.2) is 21.2 Å². The Morgan fingerprint density at radius 1 is 0.667 bits per heavy atom. The number of hydrogen-bond acceptors (Lipinski definition) is 2. The maximum Gasteiger partial charge on any atom is 0.122 e. The summed E-state index contributed by atoms with van der Waals surface area (Å²) in [5, 5.41) is 5.21. The van der Waals surface area contributed by atoms with Crippen molar-refractivity contribution in [3.63, 3.8) is 0 Å². The van der Waals surface area contributed by atoms with Crippen molar-refractivity contribution in [1.29, 1.82) is 0 Å². The van der Waals surface area contributed by atoms with E-state index in [9.17, 15) is 0 Å². The molecule has 0 amide bonds. The third kappa shape index (κ3) is 3.90. The Morgan fingerprint density at radius 3 is 1.96 bits per heavy atom. The number of anilines is 1. The molecule has 0 fully saturated rings. The van der Waals surface area contributed by atoms with E-state index in [1.54, 1.807) is 7.11 Å². The normalized spacial score (nSPS) is 10.4. The van der Waals surface area contributed by atoms with Crippen molar-refractivity contribution < 1.29 is 4.74 Å². The summed E-state index contributed by atoms with van der Waals surface area (Å²) in [6, 6.07) is 25.3. The quantitative estimate of drug-likeness (QED) is 0.413. The molecule has 27 heavy (non-hydrogen) atoms. The highest BCUT2D eigenvalue weighted by Crippen LogP contribution is 2.28. The van der Waals surface area contributed by atoms with Crippen molar-refractivity contribution in [2.75, 3.05) is 26.1 Å². The Labute approximate surface area is 162 Å². The lowest BCUT2D eigenvalue weighted by molar-refractivity contribution is 0.412. The SMILES string of the molecule is COc1ccc2ccccc2c1C.Cc1ccc(N(C)C)c2ccccc12. The zero-order valence-corrected chi connectivity index (χ0v) is 16.8. The van der Waals surface area contributed by atoms with Gasteiger partial charge in [-0.05, 0) is 53.3 Å². The first-order chi connectivity index (χ1) is 13.0. The van der Waals surface area contributed by atoms with Gasteiger partial charge in [0.05, 0.1) is 7.11 Å². The van der Waals surface area contributed by atoms with Gasteiger partial charge < -0.3 is 9.64 Å². The molecule has 0 atom stereocenters. The van der Waals surface area contributed by atoms with Crippen molar-refractivity contribution >= 4 is 27.2 Å². The molecule has 0 N–H and O–H groups in total. The zero-order valence-electron chi connectivity index (χ0n) is 16.8. The van der Waals surface area contributed by atoms with E-state index in [1.807, 2.05) is 12.1 Å². The molecule has 0 saturated heterocycles. The van der Waals surface area contributed by atoms with Crippen molar-refractivity contribution in [1.82, 2.24) is 0 Å². The molecule has 0 unspecified atom stereocenters. The molecule has 2 nitrogen and oxygen atoms in total. The van der Waals surface area contributed by atoms with Gasteiger partial charge in [0.2, 0.25) is 0 Å². The van der Waals surface area contributed by atoms with E-state index < -0.39 is 0 Å². The van der Waals surface area contributed by atoms with E-state index >= 15 is 0 Å². The van der Waals surface area contributed by atoms with Crippen LogP contribution in [0.25, 0.3) is 21.5 Å². The molecule has 4 rings (SSSR count). The van der Waals surface area contributed by atoms with Crippen LogP contribution in [0.5, 0.6) is 5.75 Å². The number of nitrogens with zero attached hydrogens (tertiary/aromatic N) is 1. The smallest absolute Gasteiger partial charge is 0.122 e. The second-order valence-electron chi connectivity index (χ2n) is 6.96. The standard InChI is InChI=1S/C13H15N.C12H12O/c1-10-8-9-13(14(2)3)12-7-5-4-6-11(10)12;1-9-11-6-4-3-5-10(11)7-8-12(9)13-2/h4-9H,1-3H3;3-8H,1-2H3. The van der Waals surface area contributed by atoms with Gasteiger partial charge in [0, 0.05) is 25.2 Å². The van der Waals surface area contributed by atoms with Crippen molar-refractivity contribution in [2.45, 2.75) is 13.8 Å². The van der Waals surface area contributed by atoms with Gasteiger partial charge in [0.1, 0.15) is 5.75 Å². The van der Waals surface area contributed by atoms with Crippen LogP contribution in [0.2, 0.25) is 0 Å². The molecule has 0 heterocycles. The number of hydrogen-bond donors (Lipinski definition) is 0. The summed E-state index contributed by atoms with van der Waals surface area (Å²) in [5.41, 5.74) is 3.83. The second-order valence-corrected chi connectivity index (χ2v) is 6.96. The molecule has 0 aromatic heterocycles. The Hall–Kier alpha value is -3.00. The van der Waals surface area contributed by atoms with Crippen LogP contribution in [0.4, 0.5) is 5.69 Å². The first-order valence-electron chi connectivity index (χ1n) is 9.21. The minimum absolute atomic E-state index is 0.957.